The maximum absolute atomic E-state index is 12.1. The topological polar surface area (TPSA) is 34.1 Å². The molecule has 2 nitrogen and oxygen atoms in total. The molecule has 0 atom stereocenters. The molecule has 0 fully saturated rings. The van der Waals surface area contributed by atoms with Crippen molar-refractivity contribution in [2.45, 2.75) is 4.90 Å². The molecule has 0 saturated carbocycles. The van der Waals surface area contributed by atoms with Crippen LogP contribution in [0.1, 0.15) is 20.7 Å². The van der Waals surface area contributed by atoms with Gasteiger partial charge in [-0.15, -0.1) is 11.7 Å². The lowest BCUT2D eigenvalue weighted by Crippen LogP contribution is -2.15. The van der Waals surface area contributed by atoms with Crippen molar-refractivity contribution < 1.29 is 9.59 Å². The monoisotopic (exact) mass is 274 g/mol. The van der Waals surface area contributed by atoms with Gasteiger partial charge in [-0.25, -0.2) is 0 Å². The molecule has 0 bridgehead atoms. The SMILES string of the molecule is O=C(C(=O)c1ccccc1SS)c1ccccc1. The van der Waals surface area contributed by atoms with Crippen LogP contribution in [0.4, 0.5) is 0 Å². The fraction of sp³-hybridized carbons (Fsp3) is 0. The normalized spacial score (nSPS) is 10.1. The standard InChI is InChI=1S/C14H10O2S2/c15-13(10-6-2-1-3-7-10)14(16)11-8-4-5-9-12(11)18-17/h1-9,17H. The van der Waals surface area contributed by atoms with E-state index in [4.69, 9.17) is 0 Å². The van der Waals surface area contributed by atoms with E-state index in [2.05, 4.69) is 11.7 Å². The van der Waals surface area contributed by atoms with Gasteiger partial charge in [0.25, 0.3) is 0 Å². The van der Waals surface area contributed by atoms with Crippen LogP contribution in [-0.4, -0.2) is 11.6 Å². The molecule has 4 heteroatoms. The lowest BCUT2D eigenvalue weighted by atomic mass is 10.0. The lowest BCUT2D eigenvalue weighted by Gasteiger charge is -2.04. The first kappa shape index (κ1) is 12.9. The molecule has 0 N–H and O–H groups in total. The Morgan fingerprint density at radius 2 is 1.44 bits per heavy atom. The summed E-state index contributed by atoms with van der Waals surface area (Å²) in [6, 6.07) is 15.5. The minimum atomic E-state index is -0.502. The third-order valence-electron chi connectivity index (χ3n) is 2.47. The van der Waals surface area contributed by atoms with Crippen molar-refractivity contribution in [1.82, 2.24) is 0 Å². The highest BCUT2D eigenvalue weighted by Gasteiger charge is 2.20. The molecule has 0 aliphatic rings. The number of carbonyl (C=O) groups excluding carboxylic acids is 2. The molecule has 0 amide bonds. The highest BCUT2D eigenvalue weighted by molar-refractivity contribution is 8.68. The van der Waals surface area contributed by atoms with Gasteiger partial charge in [-0.05, 0) is 12.1 Å². The fourth-order valence-corrected chi connectivity index (χ4v) is 2.45. The summed E-state index contributed by atoms with van der Waals surface area (Å²) in [7, 11) is 1.16. The number of benzene rings is 2. The van der Waals surface area contributed by atoms with Crippen LogP contribution >= 0.6 is 22.5 Å². The molecule has 0 radical (unpaired) electrons. The van der Waals surface area contributed by atoms with Crippen LogP contribution in [0.15, 0.2) is 59.5 Å². The Hall–Kier alpha value is -1.52. The summed E-state index contributed by atoms with van der Waals surface area (Å²) in [5, 5.41) is 0. The Morgan fingerprint density at radius 1 is 0.833 bits per heavy atom. The summed E-state index contributed by atoms with van der Waals surface area (Å²) in [4.78, 5) is 24.8. The van der Waals surface area contributed by atoms with Gasteiger partial charge in [0.1, 0.15) is 0 Å². The highest BCUT2D eigenvalue weighted by Crippen LogP contribution is 2.26. The molecular formula is C14H10O2S2. The molecule has 90 valence electrons. The molecule has 0 aromatic heterocycles. The van der Waals surface area contributed by atoms with Gasteiger partial charge in [-0.2, -0.15) is 0 Å². The molecule has 0 aliphatic carbocycles. The number of hydrogen-bond donors (Lipinski definition) is 1. The van der Waals surface area contributed by atoms with Gasteiger partial charge >= 0.3 is 0 Å². The molecule has 2 aromatic carbocycles. The predicted molar refractivity (Wildman–Crippen MR) is 76.4 cm³/mol. The maximum atomic E-state index is 12.1. The first-order valence-corrected chi connectivity index (χ1v) is 7.15. The summed E-state index contributed by atoms with van der Waals surface area (Å²) in [6.45, 7) is 0. The third kappa shape index (κ3) is 2.66. The van der Waals surface area contributed by atoms with E-state index in [9.17, 15) is 9.59 Å². The van der Waals surface area contributed by atoms with Crippen molar-refractivity contribution in [3.05, 3.63) is 65.7 Å². The molecule has 2 aromatic rings. The van der Waals surface area contributed by atoms with Crippen molar-refractivity contribution in [2.24, 2.45) is 0 Å². The van der Waals surface area contributed by atoms with Crippen molar-refractivity contribution >= 4 is 34.0 Å². The molecule has 0 heterocycles. The van der Waals surface area contributed by atoms with Crippen LogP contribution in [0, 0.1) is 0 Å². The molecule has 18 heavy (non-hydrogen) atoms. The van der Waals surface area contributed by atoms with Crippen molar-refractivity contribution in [1.29, 1.82) is 0 Å². The Kier molecular flexibility index (Phi) is 4.23. The quantitative estimate of drug-likeness (QED) is 0.399. The molecule has 0 unspecified atom stereocenters. The third-order valence-corrected chi connectivity index (χ3v) is 3.62. The number of Topliss-reactive ketones (excluding diaryl/α,β-unsaturated/α-hetero) is 2. The maximum Gasteiger partial charge on any atom is 0.234 e. The zero-order chi connectivity index (χ0) is 13.0. The Labute approximate surface area is 114 Å². The zero-order valence-electron chi connectivity index (χ0n) is 9.37. The fourth-order valence-electron chi connectivity index (χ4n) is 1.58. The van der Waals surface area contributed by atoms with Crippen LogP contribution in [0.2, 0.25) is 0 Å². The van der Waals surface area contributed by atoms with Crippen LogP contribution < -0.4 is 0 Å². The summed E-state index contributed by atoms with van der Waals surface area (Å²) < 4.78 is 0. The predicted octanol–water partition coefficient (Wildman–Crippen LogP) is 3.69. The number of hydrogen-bond acceptors (Lipinski definition) is 4. The summed E-state index contributed by atoms with van der Waals surface area (Å²) in [6.07, 6.45) is 0. The van der Waals surface area contributed by atoms with Gasteiger partial charge in [0, 0.05) is 16.0 Å². The smallest absolute Gasteiger partial charge is 0.234 e. The summed E-state index contributed by atoms with van der Waals surface area (Å²) in [5.41, 5.74) is 0.799. The first-order chi connectivity index (χ1) is 8.74. The van der Waals surface area contributed by atoms with E-state index < -0.39 is 11.6 Å². The zero-order valence-corrected chi connectivity index (χ0v) is 11.1. The first-order valence-electron chi connectivity index (χ1n) is 5.28. The van der Waals surface area contributed by atoms with Crippen LogP contribution in [-0.2, 0) is 0 Å². The molecule has 2 rings (SSSR count). The van der Waals surface area contributed by atoms with Crippen LogP contribution in [0.3, 0.4) is 0 Å². The molecule has 0 spiro atoms. The molecule has 0 saturated heterocycles. The second-order valence-corrected chi connectivity index (χ2v) is 4.78. The van der Waals surface area contributed by atoms with E-state index in [1.807, 2.05) is 6.07 Å². The average Bonchev–Trinajstić information content (AvgIpc) is 2.46. The Balaban J connectivity index is 2.35. The lowest BCUT2D eigenvalue weighted by molar-refractivity contribution is 0.0815. The minimum Gasteiger partial charge on any atom is -0.285 e. The summed E-state index contributed by atoms with van der Waals surface area (Å²) >= 11 is 4.08. The van der Waals surface area contributed by atoms with Crippen molar-refractivity contribution in [3.8, 4) is 0 Å². The highest BCUT2D eigenvalue weighted by atomic mass is 33.1. The van der Waals surface area contributed by atoms with Gasteiger partial charge in [0.05, 0.1) is 0 Å². The number of rotatable bonds is 4. The van der Waals surface area contributed by atoms with Gasteiger partial charge in [0.2, 0.25) is 11.6 Å². The van der Waals surface area contributed by atoms with Crippen molar-refractivity contribution in [2.75, 3.05) is 0 Å². The number of ketones is 2. The number of carbonyl (C=O) groups is 2. The second kappa shape index (κ2) is 5.89. The van der Waals surface area contributed by atoms with E-state index in [0.717, 1.165) is 10.8 Å². The van der Waals surface area contributed by atoms with Crippen molar-refractivity contribution in [3.63, 3.8) is 0 Å². The molecule has 0 aliphatic heterocycles. The number of thiol groups is 1. The van der Waals surface area contributed by atoms with E-state index in [1.165, 1.54) is 0 Å². The van der Waals surface area contributed by atoms with Gasteiger partial charge in [0.15, 0.2) is 0 Å². The summed E-state index contributed by atoms with van der Waals surface area (Å²) in [5.74, 6) is -0.996. The second-order valence-electron chi connectivity index (χ2n) is 3.61. The van der Waals surface area contributed by atoms with E-state index in [-0.39, 0.29) is 0 Å². The Morgan fingerprint density at radius 3 is 2.11 bits per heavy atom. The van der Waals surface area contributed by atoms with E-state index in [0.29, 0.717) is 16.0 Å². The van der Waals surface area contributed by atoms with Crippen LogP contribution in [0.5, 0.6) is 0 Å². The van der Waals surface area contributed by atoms with Crippen LogP contribution in [0.25, 0.3) is 0 Å². The average molecular weight is 274 g/mol. The largest absolute Gasteiger partial charge is 0.285 e. The van der Waals surface area contributed by atoms with E-state index in [1.54, 1.807) is 48.5 Å². The van der Waals surface area contributed by atoms with E-state index >= 15 is 0 Å². The molecular weight excluding hydrogens is 264 g/mol. The van der Waals surface area contributed by atoms with Gasteiger partial charge < -0.3 is 0 Å². The van der Waals surface area contributed by atoms with Gasteiger partial charge in [-0.3, -0.25) is 9.59 Å². The minimum absolute atomic E-state index is 0.395. The van der Waals surface area contributed by atoms with Gasteiger partial charge in [-0.1, -0.05) is 53.3 Å². The Bertz CT molecular complexity index is 579.